The summed E-state index contributed by atoms with van der Waals surface area (Å²) in [6.07, 6.45) is 9.66. The van der Waals surface area contributed by atoms with Crippen LogP contribution >= 0.6 is 0 Å². The molecule has 0 radical (unpaired) electrons. The van der Waals surface area contributed by atoms with Gasteiger partial charge in [-0.25, -0.2) is 0 Å². The minimum Gasteiger partial charge on any atom is -0.481 e. The zero-order valence-electron chi connectivity index (χ0n) is 13.7. The van der Waals surface area contributed by atoms with Crippen LogP contribution in [0, 0.1) is 17.3 Å². The van der Waals surface area contributed by atoms with Crippen LogP contribution in [0.25, 0.3) is 0 Å². The molecule has 114 valence electrons. The molecule has 1 atom stereocenters. The van der Waals surface area contributed by atoms with Crippen LogP contribution in [0.4, 0.5) is 0 Å². The molecule has 1 N–H and O–H groups in total. The monoisotopic (exact) mass is 270 g/mol. The van der Waals surface area contributed by atoms with Gasteiger partial charge in [0.05, 0.1) is 5.41 Å². The van der Waals surface area contributed by atoms with Gasteiger partial charge in [0, 0.05) is 0 Å². The van der Waals surface area contributed by atoms with Gasteiger partial charge < -0.3 is 5.11 Å². The summed E-state index contributed by atoms with van der Waals surface area (Å²) in [6.45, 7) is 10.4. The lowest BCUT2D eigenvalue weighted by atomic mass is 9.77. The van der Waals surface area contributed by atoms with Crippen LogP contribution in [-0.2, 0) is 4.79 Å². The molecular weight excluding hydrogens is 236 g/mol. The quantitative estimate of drug-likeness (QED) is 0.503. The molecule has 0 amide bonds. The van der Waals surface area contributed by atoms with Crippen molar-refractivity contribution in [1.29, 1.82) is 0 Å². The van der Waals surface area contributed by atoms with Crippen molar-refractivity contribution in [1.82, 2.24) is 0 Å². The summed E-state index contributed by atoms with van der Waals surface area (Å²) in [5.74, 6) is 0.560. The third-order valence-corrected chi connectivity index (χ3v) is 3.90. The highest BCUT2D eigenvalue weighted by molar-refractivity contribution is 5.73. The normalized spacial score (nSPS) is 13.8. The Labute approximate surface area is 120 Å². The zero-order chi connectivity index (χ0) is 14.9. The molecule has 1 unspecified atom stereocenters. The van der Waals surface area contributed by atoms with Gasteiger partial charge in [0.25, 0.3) is 0 Å². The van der Waals surface area contributed by atoms with Gasteiger partial charge in [0.15, 0.2) is 0 Å². The van der Waals surface area contributed by atoms with Gasteiger partial charge in [-0.15, -0.1) is 0 Å². The highest BCUT2D eigenvalue weighted by Gasteiger charge is 2.30. The second-order valence-corrected chi connectivity index (χ2v) is 7.09. The maximum Gasteiger partial charge on any atom is 0.309 e. The van der Waals surface area contributed by atoms with Crippen LogP contribution < -0.4 is 0 Å². The lowest BCUT2D eigenvalue weighted by Crippen LogP contribution is -2.27. The fourth-order valence-corrected chi connectivity index (χ4v) is 2.82. The molecule has 19 heavy (non-hydrogen) atoms. The summed E-state index contributed by atoms with van der Waals surface area (Å²) in [6, 6.07) is 0. The average molecular weight is 270 g/mol. The number of hydrogen-bond donors (Lipinski definition) is 1. The molecule has 0 aromatic carbocycles. The van der Waals surface area contributed by atoms with E-state index >= 15 is 0 Å². The number of hydrogen-bond acceptors (Lipinski definition) is 1. The summed E-state index contributed by atoms with van der Waals surface area (Å²) in [5.41, 5.74) is -0.580. The Balaban J connectivity index is 4.19. The van der Waals surface area contributed by atoms with E-state index < -0.39 is 11.4 Å². The third-order valence-electron chi connectivity index (χ3n) is 3.90. The lowest BCUT2D eigenvalue weighted by molar-refractivity contribution is -0.148. The molecule has 0 aliphatic carbocycles. The molecule has 0 saturated heterocycles. The van der Waals surface area contributed by atoms with Gasteiger partial charge in [-0.2, -0.15) is 0 Å². The molecule has 0 heterocycles. The maximum absolute atomic E-state index is 11.3. The van der Waals surface area contributed by atoms with Crippen molar-refractivity contribution in [3.63, 3.8) is 0 Å². The number of carbonyl (C=O) groups is 1. The van der Waals surface area contributed by atoms with Gasteiger partial charge in [-0.3, -0.25) is 4.79 Å². The predicted octanol–water partition coefficient (Wildman–Crippen LogP) is 5.51. The Morgan fingerprint density at radius 2 is 1.68 bits per heavy atom. The van der Waals surface area contributed by atoms with Crippen LogP contribution in [0.2, 0.25) is 0 Å². The topological polar surface area (TPSA) is 37.3 Å². The number of aliphatic carboxylic acids is 1. The molecular formula is C17H34O2. The van der Waals surface area contributed by atoms with Gasteiger partial charge in [-0.1, -0.05) is 59.3 Å². The Bertz CT molecular complexity index is 244. The summed E-state index contributed by atoms with van der Waals surface area (Å²) in [4.78, 5) is 11.3. The molecule has 0 rings (SSSR count). The summed E-state index contributed by atoms with van der Waals surface area (Å²) < 4.78 is 0. The Morgan fingerprint density at radius 1 is 1.11 bits per heavy atom. The number of unbranched alkanes of at least 4 members (excludes halogenated alkanes) is 4. The first-order chi connectivity index (χ1) is 8.79. The van der Waals surface area contributed by atoms with Crippen molar-refractivity contribution in [2.45, 2.75) is 86.0 Å². The number of carboxylic acids is 1. The van der Waals surface area contributed by atoms with E-state index in [1.165, 1.54) is 38.5 Å². The largest absolute Gasteiger partial charge is 0.481 e. The first kappa shape index (κ1) is 18.5. The van der Waals surface area contributed by atoms with Gasteiger partial charge in [0.2, 0.25) is 0 Å². The number of rotatable bonds is 11. The van der Waals surface area contributed by atoms with E-state index in [1.54, 1.807) is 0 Å². The fourth-order valence-electron chi connectivity index (χ4n) is 2.82. The molecule has 0 aliphatic heterocycles. The van der Waals surface area contributed by atoms with E-state index in [2.05, 4.69) is 20.8 Å². The zero-order valence-corrected chi connectivity index (χ0v) is 13.7. The van der Waals surface area contributed by atoms with E-state index in [0.29, 0.717) is 11.8 Å². The third kappa shape index (κ3) is 9.07. The Morgan fingerprint density at radius 3 is 2.16 bits per heavy atom. The summed E-state index contributed by atoms with van der Waals surface area (Å²) >= 11 is 0. The molecule has 2 nitrogen and oxygen atoms in total. The van der Waals surface area contributed by atoms with Crippen molar-refractivity contribution in [3.05, 3.63) is 0 Å². The van der Waals surface area contributed by atoms with Crippen molar-refractivity contribution in [2.75, 3.05) is 0 Å². The lowest BCUT2D eigenvalue weighted by Gasteiger charge is -2.27. The van der Waals surface area contributed by atoms with Gasteiger partial charge >= 0.3 is 5.97 Å². The molecule has 0 spiro atoms. The van der Waals surface area contributed by atoms with Gasteiger partial charge in [-0.05, 0) is 38.5 Å². The number of carboxylic acid groups (broad SMARTS) is 1. The van der Waals surface area contributed by atoms with Crippen LogP contribution in [0.3, 0.4) is 0 Å². The average Bonchev–Trinajstić information content (AvgIpc) is 2.27. The molecule has 0 aromatic rings. The molecule has 0 fully saturated rings. The van der Waals surface area contributed by atoms with Crippen LogP contribution in [0.15, 0.2) is 0 Å². The van der Waals surface area contributed by atoms with E-state index in [0.717, 1.165) is 12.8 Å². The standard InChI is InChI=1S/C17H34O2/c1-6-7-8-9-10-11-15(12-14(2)3)13-17(4,5)16(18)19/h14-15H,6-13H2,1-5H3,(H,18,19). The molecule has 0 bridgehead atoms. The van der Waals surface area contributed by atoms with Crippen molar-refractivity contribution in [2.24, 2.45) is 17.3 Å². The van der Waals surface area contributed by atoms with E-state index in [1.807, 2.05) is 13.8 Å². The maximum atomic E-state index is 11.3. The Kier molecular flexibility index (Phi) is 9.12. The predicted molar refractivity (Wildman–Crippen MR) is 82.4 cm³/mol. The highest BCUT2D eigenvalue weighted by Crippen LogP contribution is 2.32. The Hall–Kier alpha value is -0.530. The van der Waals surface area contributed by atoms with E-state index in [-0.39, 0.29) is 0 Å². The molecule has 0 aliphatic rings. The molecule has 2 heteroatoms. The molecule has 0 aromatic heterocycles. The van der Waals surface area contributed by atoms with Crippen molar-refractivity contribution >= 4 is 5.97 Å². The van der Waals surface area contributed by atoms with Crippen molar-refractivity contribution in [3.8, 4) is 0 Å². The highest BCUT2D eigenvalue weighted by atomic mass is 16.4. The van der Waals surface area contributed by atoms with Crippen LogP contribution in [0.1, 0.15) is 86.0 Å². The first-order valence-corrected chi connectivity index (χ1v) is 8.03. The van der Waals surface area contributed by atoms with Gasteiger partial charge in [0.1, 0.15) is 0 Å². The minimum absolute atomic E-state index is 0.563. The molecule has 0 saturated carbocycles. The second kappa shape index (κ2) is 9.39. The van der Waals surface area contributed by atoms with Crippen LogP contribution in [-0.4, -0.2) is 11.1 Å². The smallest absolute Gasteiger partial charge is 0.309 e. The second-order valence-electron chi connectivity index (χ2n) is 7.09. The fraction of sp³-hybridized carbons (Fsp3) is 0.941. The summed E-state index contributed by atoms with van der Waals surface area (Å²) in [7, 11) is 0. The minimum atomic E-state index is -0.660. The van der Waals surface area contributed by atoms with E-state index in [9.17, 15) is 9.90 Å². The SMILES string of the molecule is CCCCCCCC(CC(C)C)CC(C)(C)C(=O)O. The van der Waals surface area contributed by atoms with E-state index in [4.69, 9.17) is 0 Å². The van der Waals surface area contributed by atoms with Crippen molar-refractivity contribution < 1.29 is 9.90 Å². The van der Waals surface area contributed by atoms with Crippen LogP contribution in [0.5, 0.6) is 0 Å². The summed E-state index contributed by atoms with van der Waals surface area (Å²) in [5, 5.41) is 9.27. The first-order valence-electron chi connectivity index (χ1n) is 8.03.